The minimum Gasteiger partial charge on any atom is -0.491 e. The third-order valence-corrected chi connectivity index (χ3v) is 3.28. The second-order valence-electron chi connectivity index (χ2n) is 5.39. The van der Waals surface area contributed by atoms with Crippen molar-refractivity contribution in [3.05, 3.63) is 59.9 Å². The third-order valence-electron chi connectivity index (χ3n) is 3.28. The highest BCUT2D eigenvalue weighted by Crippen LogP contribution is 2.14. The molecule has 0 radical (unpaired) electrons. The molecule has 0 aromatic heterocycles. The lowest BCUT2D eigenvalue weighted by molar-refractivity contribution is -0.114. The lowest BCUT2D eigenvalue weighted by Gasteiger charge is -2.15. The summed E-state index contributed by atoms with van der Waals surface area (Å²) in [6, 6.07) is 13.1. The number of hydrogen-bond acceptors (Lipinski definition) is 4. The van der Waals surface area contributed by atoms with Gasteiger partial charge in [0.25, 0.3) is 0 Å². The van der Waals surface area contributed by atoms with Gasteiger partial charge in [0.1, 0.15) is 24.3 Å². The van der Waals surface area contributed by atoms with Crippen molar-refractivity contribution in [2.45, 2.75) is 19.6 Å². The number of aliphatic hydroxyl groups is 1. The van der Waals surface area contributed by atoms with Gasteiger partial charge in [0.05, 0.1) is 0 Å². The predicted molar refractivity (Wildman–Crippen MR) is 90.4 cm³/mol. The Kier molecular flexibility index (Phi) is 6.72. The first-order chi connectivity index (χ1) is 11.5. The van der Waals surface area contributed by atoms with E-state index >= 15 is 0 Å². The Morgan fingerprint density at radius 2 is 1.92 bits per heavy atom. The van der Waals surface area contributed by atoms with Gasteiger partial charge in [0.2, 0.25) is 5.91 Å². The van der Waals surface area contributed by atoms with Crippen LogP contribution in [-0.2, 0) is 11.3 Å². The maximum atomic E-state index is 12.8. The molecular formula is C18H21FN2O3. The van der Waals surface area contributed by atoms with Crippen molar-refractivity contribution in [3.8, 4) is 5.75 Å². The van der Waals surface area contributed by atoms with Gasteiger partial charge in [-0.3, -0.25) is 4.79 Å². The molecule has 0 saturated heterocycles. The summed E-state index contributed by atoms with van der Waals surface area (Å²) in [6.45, 7) is 2.40. The number of carbonyl (C=O) groups excluding carboxylic acids is 1. The molecular weight excluding hydrogens is 311 g/mol. The van der Waals surface area contributed by atoms with Crippen LogP contribution in [0.4, 0.5) is 10.1 Å². The first-order valence-corrected chi connectivity index (χ1v) is 7.67. The summed E-state index contributed by atoms with van der Waals surface area (Å²) < 4.78 is 18.2. The maximum absolute atomic E-state index is 12.8. The van der Waals surface area contributed by atoms with Crippen LogP contribution in [0, 0.1) is 5.82 Å². The summed E-state index contributed by atoms with van der Waals surface area (Å²) in [6.07, 6.45) is -0.706. The van der Waals surface area contributed by atoms with E-state index in [1.807, 2.05) is 24.3 Å². The number of halogens is 1. The molecule has 0 aliphatic rings. The molecule has 1 unspecified atom stereocenters. The minimum atomic E-state index is -0.706. The smallest absolute Gasteiger partial charge is 0.221 e. The van der Waals surface area contributed by atoms with E-state index in [0.29, 0.717) is 18.8 Å². The normalized spacial score (nSPS) is 11.8. The van der Waals surface area contributed by atoms with Gasteiger partial charge in [-0.05, 0) is 35.9 Å². The summed E-state index contributed by atoms with van der Waals surface area (Å²) in [4.78, 5) is 11.2. The third kappa shape index (κ3) is 5.98. The van der Waals surface area contributed by atoms with Gasteiger partial charge >= 0.3 is 0 Å². The fourth-order valence-electron chi connectivity index (χ4n) is 2.14. The zero-order chi connectivity index (χ0) is 17.4. The number of aliphatic hydroxyl groups excluding tert-OH is 1. The van der Waals surface area contributed by atoms with Gasteiger partial charge < -0.3 is 20.5 Å². The predicted octanol–water partition coefficient (Wildman–Crippen LogP) is 2.31. The number of rotatable bonds is 8. The molecule has 24 heavy (non-hydrogen) atoms. The molecule has 2 rings (SSSR count). The average Bonchev–Trinajstić information content (AvgIpc) is 2.55. The molecule has 0 spiro atoms. The molecule has 0 bridgehead atoms. The Labute approximate surface area is 140 Å². The number of nitrogens with one attached hydrogen (secondary N) is 2. The molecule has 1 amide bonds. The molecule has 2 aromatic carbocycles. The second-order valence-corrected chi connectivity index (χ2v) is 5.39. The van der Waals surface area contributed by atoms with Crippen molar-refractivity contribution in [3.63, 3.8) is 0 Å². The van der Waals surface area contributed by atoms with Crippen LogP contribution in [-0.4, -0.2) is 30.3 Å². The number of para-hydroxylation sites is 1. The van der Waals surface area contributed by atoms with E-state index in [0.717, 1.165) is 11.3 Å². The van der Waals surface area contributed by atoms with Crippen molar-refractivity contribution < 1.29 is 19.0 Å². The Morgan fingerprint density at radius 3 is 2.62 bits per heavy atom. The summed E-state index contributed by atoms with van der Waals surface area (Å²) >= 11 is 0. The fourth-order valence-corrected chi connectivity index (χ4v) is 2.14. The van der Waals surface area contributed by atoms with Crippen LogP contribution in [0.15, 0.2) is 48.5 Å². The van der Waals surface area contributed by atoms with E-state index < -0.39 is 6.10 Å². The lowest BCUT2D eigenvalue weighted by Crippen LogP contribution is -2.31. The Morgan fingerprint density at radius 1 is 1.21 bits per heavy atom. The Hall–Kier alpha value is -2.44. The quantitative estimate of drug-likeness (QED) is 0.694. The van der Waals surface area contributed by atoms with Crippen molar-refractivity contribution in [2.24, 2.45) is 0 Å². The van der Waals surface area contributed by atoms with Crippen LogP contribution in [0.5, 0.6) is 5.75 Å². The molecule has 0 fully saturated rings. The zero-order valence-corrected chi connectivity index (χ0v) is 13.5. The number of anilines is 1. The number of amides is 1. The maximum Gasteiger partial charge on any atom is 0.221 e. The monoisotopic (exact) mass is 332 g/mol. The van der Waals surface area contributed by atoms with Gasteiger partial charge in [-0.1, -0.05) is 18.2 Å². The summed E-state index contributed by atoms with van der Waals surface area (Å²) in [5, 5.41) is 15.8. The van der Waals surface area contributed by atoms with E-state index in [4.69, 9.17) is 4.74 Å². The highest BCUT2D eigenvalue weighted by molar-refractivity contribution is 5.89. The van der Waals surface area contributed by atoms with Gasteiger partial charge in [-0.15, -0.1) is 0 Å². The number of carbonyl (C=O) groups is 1. The van der Waals surface area contributed by atoms with Gasteiger partial charge in [0, 0.05) is 25.7 Å². The molecule has 128 valence electrons. The molecule has 2 aromatic rings. The van der Waals surface area contributed by atoms with Crippen LogP contribution in [0.1, 0.15) is 12.5 Å². The van der Waals surface area contributed by atoms with Crippen LogP contribution in [0.25, 0.3) is 0 Å². The van der Waals surface area contributed by atoms with Gasteiger partial charge in [-0.25, -0.2) is 4.39 Å². The Balaban J connectivity index is 1.75. The van der Waals surface area contributed by atoms with E-state index in [9.17, 15) is 14.3 Å². The van der Waals surface area contributed by atoms with E-state index in [-0.39, 0.29) is 18.3 Å². The number of ether oxygens (including phenoxy) is 1. The topological polar surface area (TPSA) is 70.6 Å². The molecule has 0 aliphatic carbocycles. The molecule has 3 N–H and O–H groups in total. The highest BCUT2D eigenvalue weighted by atomic mass is 19.1. The van der Waals surface area contributed by atoms with Crippen LogP contribution >= 0.6 is 0 Å². The second kappa shape index (κ2) is 9.00. The molecule has 6 heteroatoms. The zero-order valence-electron chi connectivity index (χ0n) is 13.5. The van der Waals surface area contributed by atoms with Gasteiger partial charge in [0.15, 0.2) is 0 Å². The van der Waals surface area contributed by atoms with Crippen molar-refractivity contribution in [2.75, 3.05) is 18.5 Å². The van der Waals surface area contributed by atoms with E-state index in [1.165, 1.54) is 31.2 Å². The van der Waals surface area contributed by atoms with Crippen LogP contribution < -0.4 is 15.4 Å². The molecule has 1 atom stereocenters. The van der Waals surface area contributed by atoms with Crippen molar-refractivity contribution >= 4 is 11.6 Å². The molecule has 0 saturated carbocycles. The number of hydrogen-bond donors (Lipinski definition) is 3. The van der Waals surface area contributed by atoms with Crippen LogP contribution in [0.2, 0.25) is 0 Å². The van der Waals surface area contributed by atoms with E-state index in [1.54, 1.807) is 0 Å². The SMILES string of the molecule is CC(=O)Nc1ccccc1CNCC(O)COc1ccc(F)cc1. The summed E-state index contributed by atoms with van der Waals surface area (Å²) in [7, 11) is 0. The van der Waals surface area contributed by atoms with Crippen molar-refractivity contribution in [1.82, 2.24) is 5.32 Å². The lowest BCUT2D eigenvalue weighted by atomic mass is 10.1. The molecule has 5 nitrogen and oxygen atoms in total. The van der Waals surface area contributed by atoms with Crippen LogP contribution in [0.3, 0.4) is 0 Å². The fraction of sp³-hybridized carbons (Fsp3) is 0.278. The first-order valence-electron chi connectivity index (χ1n) is 7.67. The van der Waals surface area contributed by atoms with E-state index in [2.05, 4.69) is 10.6 Å². The van der Waals surface area contributed by atoms with Gasteiger partial charge in [-0.2, -0.15) is 0 Å². The average molecular weight is 332 g/mol. The highest BCUT2D eigenvalue weighted by Gasteiger charge is 2.07. The van der Waals surface area contributed by atoms with Crippen molar-refractivity contribution in [1.29, 1.82) is 0 Å². The largest absolute Gasteiger partial charge is 0.491 e. The minimum absolute atomic E-state index is 0.103. The first kappa shape index (κ1) is 17.9. The summed E-state index contributed by atoms with van der Waals surface area (Å²) in [5.41, 5.74) is 1.67. The Bertz CT molecular complexity index is 662. The number of benzene rings is 2. The standard InChI is InChI=1S/C18H21FN2O3/c1-13(22)21-18-5-3-2-4-14(18)10-20-11-16(23)12-24-17-8-6-15(19)7-9-17/h2-9,16,20,23H,10-12H2,1H3,(H,21,22). The molecule has 0 heterocycles. The summed E-state index contributed by atoms with van der Waals surface area (Å²) in [5.74, 6) is 0.0454. The molecule has 0 aliphatic heterocycles.